The molecule has 0 amide bonds. The highest BCUT2D eigenvalue weighted by Gasteiger charge is 2.30. The standard InChI is InChI=1S/C20H31N3O/c1-2-6-20(18(5-1)15-22-10-3-4-11-22)24-16-17-7-8-19-13-21-9-12-23(19)14-17/h1-2,5-6,17,19,21H,3-4,7-16H2. The summed E-state index contributed by atoms with van der Waals surface area (Å²) < 4.78 is 6.30. The number of ether oxygens (including phenoxy) is 1. The number of para-hydroxylation sites is 1. The van der Waals surface area contributed by atoms with Gasteiger partial charge in [-0.05, 0) is 44.8 Å². The van der Waals surface area contributed by atoms with Gasteiger partial charge in [0.25, 0.3) is 0 Å². The largest absolute Gasteiger partial charge is 0.493 e. The fourth-order valence-corrected chi connectivity index (χ4v) is 4.48. The molecule has 2 atom stereocenters. The first-order valence-electron chi connectivity index (χ1n) is 9.76. The SMILES string of the molecule is c1ccc(OCC2CCC3CNCCN3C2)c(CN2CCCC2)c1. The molecule has 3 aliphatic rings. The molecule has 1 aromatic carbocycles. The highest BCUT2D eigenvalue weighted by atomic mass is 16.5. The number of piperidine rings is 1. The van der Waals surface area contributed by atoms with Crippen LogP contribution in [0.2, 0.25) is 0 Å². The average Bonchev–Trinajstić information content (AvgIpc) is 3.14. The summed E-state index contributed by atoms with van der Waals surface area (Å²) in [6.07, 6.45) is 5.31. The predicted octanol–water partition coefficient (Wildman–Crippen LogP) is 2.34. The van der Waals surface area contributed by atoms with Crippen molar-refractivity contribution in [2.75, 3.05) is 45.9 Å². The molecule has 0 bridgehead atoms. The van der Waals surface area contributed by atoms with Crippen LogP contribution in [-0.2, 0) is 6.54 Å². The number of nitrogens with zero attached hydrogens (tertiary/aromatic N) is 2. The number of hydrogen-bond acceptors (Lipinski definition) is 4. The van der Waals surface area contributed by atoms with Crippen LogP contribution < -0.4 is 10.1 Å². The molecule has 132 valence electrons. The van der Waals surface area contributed by atoms with E-state index in [1.54, 1.807) is 0 Å². The summed E-state index contributed by atoms with van der Waals surface area (Å²) in [5.74, 6) is 1.78. The fraction of sp³-hybridized carbons (Fsp3) is 0.700. The molecule has 1 aromatic rings. The first kappa shape index (κ1) is 16.4. The number of benzene rings is 1. The number of likely N-dealkylation sites (tertiary alicyclic amines) is 1. The second kappa shape index (κ2) is 7.85. The van der Waals surface area contributed by atoms with Crippen LogP contribution in [0.25, 0.3) is 0 Å². The quantitative estimate of drug-likeness (QED) is 0.897. The maximum atomic E-state index is 6.30. The summed E-state index contributed by atoms with van der Waals surface area (Å²) in [5.41, 5.74) is 1.36. The molecule has 0 saturated carbocycles. The van der Waals surface area contributed by atoms with Crippen LogP contribution in [0.15, 0.2) is 24.3 Å². The number of nitrogens with one attached hydrogen (secondary N) is 1. The Kier molecular flexibility index (Phi) is 5.36. The molecule has 4 rings (SSSR count). The van der Waals surface area contributed by atoms with Crippen molar-refractivity contribution in [1.82, 2.24) is 15.1 Å². The molecule has 3 fully saturated rings. The van der Waals surface area contributed by atoms with Crippen LogP contribution in [0.1, 0.15) is 31.2 Å². The molecule has 0 spiro atoms. The number of hydrogen-bond donors (Lipinski definition) is 1. The molecule has 0 aromatic heterocycles. The van der Waals surface area contributed by atoms with E-state index in [0.29, 0.717) is 5.92 Å². The van der Waals surface area contributed by atoms with Gasteiger partial charge in [-0.3, -0.25) is 9.80 Å². The van der Waals surface area contributed by atoms with Gasteiger partial charge >= 0.3 is 0 Å². The lowest BCUT2D eigenvalue weighted by atomic mass is 9.92. The van der Waals surface area contributed by atoms with Crippen molar-refractivity contribution in [3.63, 3.8) is 0 Å². The summed E-state index contributed by atoms with van der Waals surface area (Å²) in [4.78, 5) is 5.22. The second-order valence-corrected chi connectivity index (χ2v) is 7.70. The van der Waals surface area contributed by atoms with E-state index >= 15 is 0 Å². The van der Waals surface area contributed by atoms with Gasteiger partial charge in [-0.25, -0.2) is 0 Å². The van der Waals surface area contributed by atoms with Gasteiger partial charge in [0, 0.05) is 50.2 Å². The minimum absolute atomic E-state index is 0.680. The topological polar surface area (TPSA) is 27.7 Å². The van der Waals surface area contributed by atoms with Crippen LogP contribution >= 0.6 is 0 Å². The normalized spacial score (nSPS) is 28.7. The Balaban J connectivity index is 1.32. The van der Waals surface area contributed by atoms with Gasteiger partial charge in [0.15, 0.2) is 0 Å². The maximum Gasteiger partial charge on any atom is 0.123 e. The summed E-state index contributed by atoms with van der Waals surface area (Å²) in [5, 5.41) is 3.52. The number of rotatable bonds is 5. The lowest BCUT2D eigenvalue weighted by Gasteiger charge is -2.42. The van der Waals surface area contributed by atoms with Gasteiger partial charge in [-0.1, -0.05) is 18.2 Å². The zero-order valence-corrected chi connectivity index (χ0v) is 14.8. The van der Waals surface area contributed by atoms with Gasteiger partial charge in [0.1, 0.15) is 5.75 Å². The van der Waals surface area contributed by atoms with E-state index in [0.717, 1.165) is 31.5 Å². The van der Waals surface area contributed by atoms with E-state index in [-0.39, 0.29) is 0 Å². The first-order chi connectivity index (χ1) is 11.9. The van der Waals surface area contributed by atoms with Crippen molar-refractivity contribution >= 4 is 0 Å². The van der Waals surface area contributed by atoms with E-state index in [9.17, 15) is 0 Å². The van der Waals surface area contributed by atoms with E-state index in [2.05, 4.69) is 39.4 Å². The third-order valence-electron chi connectivity index (χ3n) is 5.91. The molecule has 4 heteroatoms. The van der Waals surface area contributed by atoms with Gasteiger partial charge in [0.05, 0.1) is 6.61 Å². The van der Waals surface area contributed by atoms with Crippen LogP contribution in [0.5, 0.6) is 5.75 Å². The smallest absolute Gasteiger partial charge is 0.123 e. The Morgan fingerprint density at radius 2 is 1.96 bits per heavy atom. The molecule has 0 radical (unpaired) electrons. The van der Waals surface area contributed by atoms with Crippen molar-refractivity contribution < 1.29 is 4.74 Å². The van der Waals surface area contributed by atoms with Gasteiger partial charge in [0.2, 0.25) is 0 Å². The Labute approximate surface area is 146 Å². The zero-order valence-electron chi connectivity index (χ0n) is 14.8. The van der Waals surface area contributed by atoms with Crippen LogP contribution in [0, 0.1) is 5.92 Å². The monoisotopic (exact) mass is 329 g/mol. The number of piperazine rings is 1. The minimum Gasteiger partial charge on any atom is -0.493 e. The van der Waals surface area contributed by atoms with E-state index < -0.39 is 0 Å². The van der Waals surface area contributed by atoms with Gasteiger partial charge in [-0.15, -0.1) is 0 Å². The van der Waals surface area contributed by atoms with Gasteiger partial charge in [-0.2, -0.15) is 0 Å². The highest BCUT2D eigenvalue weighted by Crippen LogP contribution is 2.26. The third-order valence-corrected chi connectivity index (χ3v) is 5.91. The van der Waals surface area contributed by atoms with Crippen molar-refractivity contribution in [3.05, 3.63) is 29.8 Å². The predicted molar refractivity (Wildman–Crippen MR) is 97.4 cm³/mol. The van der Waals surface area contributed by atoms with E-state index in [4.69, 9.17) is 4.74 Å². The second-order valence-electron chi connectivity index (χ2n) is 7.70. The Morgan fingerprint density at radius 3 is 2.88 bits per heavy atom. The molecule has 2 unspecified atom stereocenters. The molecule has 24 heavy (non-hydrogen) atoms. The van der Waals surface area contributed by atoms with Crippen molar-refractivity contribution in [2.45, 2.75) is 38.3 Å². The van der Waals surface area contributed by atoms with E-state index in [1.807, 2.05) is 0 Å². The molecule has 4 nitrogen and oxygen atoms in total. The lowest BCUT2D eigenvalue weighted by molar-refractivity contribution is 0.0646. The summed E-state index contributed by atoms with van der Waals surface area (Å²) in [7, 11) is 0. The van der Waals surface area contributed by atoms with Crippen LogP contribution in [0.3, 0.4) is 0 Å². The fourth-order valence-electron chi connectivity index (χ4n) is 4.48. The molecule has 3 heterocycles. The number of fused-ring (bicyclic) bond motifs is 1. The Morgan fingerprint density at radius 1 is 1.08 bits per heavy atom. The molecular formula is C20H31N3O. The average molecular weight is 329 g/mol. The maximum absolute atomic E-state index is 6.30. The summed E-state index contributed by atoms with van der Waals surface area (Å²) in [6, 6.07) is 9.40. The van der Waals surface area contributed by atoms with Crippen molar-refractivity contribution in [2.24, 2.45) is 5.92 Å². The molecule has 1 N–H and O–H groups in total. The molecule has 3 aliphatic heterocycles. The molecular weight excluding hydrogens is 298 g/mol. The molecule has 3 saturated heterocycles. The van der Waals surface area contributed by atoms with E-state index in [1.165, 1.54) is 64.0 Å². The minimum atomic E-state index is 0.680. The van der Waals surface area contributed by atoms with Gasteiger partial charge < -0.3 is 10.1 Å². The third kappa shape index (κ3) is 3.93. The summed E-state index contributed by atoms with van der Waals surface area (Å²) >= 11 is 0. The summed E-state index contributed by atoms with van der Waals surface area (Å²) in [6.45, 7) is 9.11. The highest BCUT2D eigenvalue weighted by molar-refractivity contribution is 5.33. The van der Waals surface area contributed by atoms with Crippen molar-refractivity contribution in [1.29, 1.82) is 0 Å². The molecule has 0 aliphatic carbocycles. The van der Waals surface area contributed by atoms with Crippen LogP contribution in [-0.4, -0.2) is 61.7 Å². The Bertz CT molecular complexity index is 529. The van der Waals surface area contributed by atoms with Crippen LogP contribution in [0.4, 0.5) is 0 Å². The lowest BCUT2D eigenvalue weighted by Crippen LogP contribution is -2.55. The van der Waals surface area contributed by atoms with Crippen molar-refractivity contribution in [3.8, 4) is 5.75 Å². The Hall–Kier alpha value is -1.10. The zero-order chi connectivity index (χ0) is 16.2. The first-order valence-corrected chi connectivity index (χ1v) is 9.76.